The van der Waals surface area contributed by atoms with Crippen molar-refractivity contribution in [1.82, 2.24) is 0 Å². The zero-order valence-corrected chi connectivity index (χ0v) is 16.8. The van der Waals surface area contributed by atoms with Gasteiger partial charge >= 0.3 is 0 Å². The summed E-state index contributed by atoms with van der Waals surface area (Å²) in [7, 11) is 0. The Labute approximate surface area is 173 Å². The van der Waals surface area contributed by atoms with Crippen LogP contribution in [0.3, 0.4) is 0 Å². The first kappa shape index (κ1) is 21.7. The van der Waals surface area contributed by atoms with Crippen LogP contribution in [-0.4, -0.2) is 6.61 Å². The summed E-state index contributed by atoms with van der Waals surface area (Å²) in [6, 6.07) is 12.1. The maximum atomic E-state index is 14.3. The van der Waals surface area contributed by atoms with Gasteiger partial charge in [0.05, 0.1) is 6.61 Å². The lowest BCUT2D eigenvalue weighted by atomic mass is 10.0. The highest BCUT2D eigenvalue weighted by Gasteiger charge is 2.16. The van der Waals surface area contributed by atoms with E-state index in [1.807, 2.05) is 6.92 Å². The molecule has 0 radical (unpaired) electrons. The molecule has 30 heavy (non-hydrogen) atoms. The molecule has 0 aliphatic rings. The molecule has 0 amide bonds. The van der Waals surface area contributed by atoms with E-state index in [4.69, 9.17) is 9.47 Å². The third kappa shape index (κ3) is 4.58. The van der Waals surface area contributed by atoms with E-state index in [0.717, 1.165) is 6.42 Å². The summed E-state index contributed by atoms with van der Waals surface area (Å²) in [6.45, 7) is 3.66. The van der Waals surface area contributed by atoms with Gasteiger partial charge in [0.15, 0.2) is 23.2 Å². The monoisotopic (exact) mass is 418 g/mol. The van der Waals surface area contributed by atoms with Crippen molar-refractivity contribution in [3.8, 4) is 22.6 Å². The highest BCUT2D eigenvalue weighted by Crippen LogP contribution is 2.31. The topological polar surface area (TPSA) is 18.5 Å². The highest BCUT2D eigenvalue weighted by molar-refractivity contribution is 5.66. The maximum absolute atomic E-state index is 14.3. The summed E-state index contributed by atoms with van der Waals surface area (Å²) in [5.74, 6) is -3.55. The lowest BCUT2D eigenvalue weighted by Gasteiger charge is -2.11. The number of ether oxygens (including phenoxy) is 2. The predicted octanol–water partition coefficient (Wildman–Crippen LogP) is 6.84. The fourth-order valence-corrected chi connectivity index (χ4v) is 3.12. The fourth-order valence-electron chi connectivity index (χ4n) is 3.12. The minimum atomic E-state index is -1.04. The summed E-state index contributed by atoms with van der Waals surface area (Å²) in [4.78, 5) is 0. The van der Waals surface area contributed by atoms with E-state index in [1.165, 1.54) is 18.2 Å². The SMILES string of the molecule is CCCc1ccc(COc2ccc(-c3ccc(OCC)c(F)c3F)cc2)c(F)c1F. The van der Waals surface area contributed by atoms with E-state index in [9.17, 15) is 17.6 Å². The van der Waals surface area contributed by atoms with Crippen molar-refractivity contribution >= 4 is 0 Å². The van der Waals surface area contributed by atoms with Crippen LogP contribution < -0.4 is 9.47 Å². The molecule has 0 aromatic heterocycles. The molecule has 0 fully saturated rings. The van der Waals surface area contributed by atoms with Crippen LogP contribution in [0, 0.1) is 23.3 Å². The minimum Gasteiger partial charge on any atom is -0.491 e. The van der Waals surface area contributed by atoms with E-state index in [0.29, 0.717) is 23.3 Å². The molecule has 0 saturated heterocycles. The number of halogens is 4. The van der Waals surface area contributed by atoms with Crippen molar-refractivity contribution in [3.05, 3.63) is 82.9 Å². The quantitative estimate of drug-likeness (QED) is 0.373. The number of hydrogen-bond acceptors (Lipinski definition) is 2. The molecule has 0 atom stereocenters. The van der Waals surface area contributed by atoms with Gasteiger partial charge in [-0.2, -0.15) is 4.39 Å². The molecular weight excluding hydrogens is 396 g/mol. The van der Waals surface area contributed by atoms with Crippen molar-refractivity contribution in [2.75, 3.05) is 6.61 Å². The van der Waals surface area contributed by atoms with Gasteiger partial charge in [0.1, 0.15) is 12.4 Å². The predicted molar refractivity (Wildman–Crippen MR) is 108 cm³/mol. The average molecular weight is 418 g/mol. The van der Waals surface area contributed by atoms with Gasteiger partial charge in [0, 0.05) is 11.1 Å². The van der Waals surface area contributed by atoms with Gasteiger partial charge in [0.2, 0.25) is 5.82 Å². The van der Waals surface area contributed by atoms with E-state index >= 15 is 0 Å². The number of aryl methyl sites for hydroxylation is 1. The van der Waals surface area contributed by atoms with Crippen LogP contribution in [-0.2, 0) is 13.0 Å². The Morgan fingerprint density at radius 3 is 2.00 bits per heavy atom. The molecule has 0 saturated carbocycles. The Hall–Kier alpha value is -3.02. The zero-order chi connectivity index (χ0) is 21.7. The first-order valence-corrected chi connectivity index (χ1v) is 9.76. The van der Waals surface area contributed by atoms with Crippen LogP contribution >= 0.6 is 0 Å². The van der Waals surface area contributed by atoms with Crippen LogP contribution in [0.5, 0.6) is 11.5 Å². The van der Waals surface area contributed by atoms with Gasteiger partial charge in [-0.1, -0.05) is 37.6 Å². The zero-order valence-electron chi connectivity index (χ0n) is 16.8. The Balaban J connectivity index is 1.73. The summed E-state index contributed by atoms with van der Waals surface area (Å²) in [5, 5.41) is 0. The van der Waals surface area contributed by atoms with Crippen molar-refractivity contribution in [2.24, 2.45) is 0 Å². The second-order valence-electron chi connectivity index (χ2n) is 6.75. The Kier molecular flexibility index (Phi) is 6.98. The molecule has 0 bridgehead atoms. The molecule has 3 aromatic carbocycles. The number of benzene rings is 3. The molecule has 2 nitrogen and oxygen atoms in total. The average Bonchev–Trinajstić information content (AvgIpc) is 2.75. The summed E-state index contributed by atoms with van der Waals surface area (Å²) < 4.78 is 67.3. The van der Waals surface area contributed by atoms with E-state index < -0.39 is 23.3 Å². The van der Waals surface area contributed by atoms with Gasteiger partial charge in [-0.15, -0.1) is 0 Å². The first-order valence-electron chi connectivity index (χ1n) is 9.76. The second-order valence-corrected chi connectivity index (χ2v) is 6.75. The molecule has 6 heteroatoms. The molecule has 0 unspecified atom stereocenters. The molecule has 0 aliphatic carbocycles. The summed E-state index contributed by atoms with van der Waals surface area (Å²) >= 11 is 0. The Bertz CT molecular complexity index is 1020. The minimum absolute atomic E-state index is 0.0853. The van der Waals surface area contributed by atoms with E-state index in [1.54, 1.807) is 37.3 Å². The van der Waals surface area contributed by atoms with Crippen molar-refractivity contribution in [3.63, 3.8) is 0 Å². The van der Waals surface area contributed by atoms with Crippen molar-refractivity contribution in [1.29, 1.82) is 0 Å². The fraction of sp³-hybridized carbons (Fsp3) is 0.250. The van der Waals surface area contributed by atoms with Gasteiger partial charge in [0.25, 0.3) is 0 Å². The van der Waals surface area contributed by atoms with Crippen LogP contribution in [0.15, 0.2) is 48.5 Å². The van der Waals surface area contributed by atoms with Crippen LogP contribution in [0.1, 0.15) is 31.4 Å². The summed E-state index contributed by atoms with van der Waals surface area (Å²) in [5.41, 5.74) is 0.980. The maximum Gasteiger partial charge on any atom is 0.201 e. The molecule has 0 aliphatic heterocycles. The molecule has 0 N–H and O–H groups in total. The van der Waals surface area contributed by atoms with Crippen LogP contribution in [0.4, 0.5) is 17.6 Å². The molecule has 0 heterocycles. The number of rotatable bonds is 8. The van der Waals surface area contributed by atoms with Crippen LogP contribution in [0.25, 0.3) is 11.1 Å². The highest BCUT2D eigenvalue weighted by atomic mass is 19.2. The van der Waals surface area contributed by atoms with Gasteiger partial charge in [-0.25, -0.2) is 13.2 Å². The molecular formula is C24H22F4O2. The Morgan fingerprint density at radius 2 is 1.33 bits per heavy atom. The molecule has 0 spiro atoms. The van der Waals surface area contributed by atoms with Crippen molar-refractivity contribution < 1.29 is 27.0 Å². The van der Waals surface area contributed by atoms with Gasteiger partial charge in [-0.3, -0.25) is 0 Å². The normalized spacial score (nSPS) is 10.9. The lowest BCUT2D eigenvalue weighted by Crippen LogP contribution is -2.03. The van der Waals surface area contributed by atoms with Crippen molar-refractivity contribution in [2.45, 2.75) is 33.3 Å². The summed E-state index contributed by atoms with van der Waals surface area (Å²) in [6.07, 6.45) is 1.19. The molecule has 3 aromatic rings. The van der Waals surface area contributed by atoms with Crippen LogP contribution in [0.2, 0.25) is 0 Å². The Morgan fingerprint density at radius 1 is 0.667 bits per heavy atom. The van der Waals surface area contributed by atoms with E-state index in [2.05, 4.69) is 0 Å². The third-order valence-electron chi connectivity index (χ3n) is 4.67. The number of hydrogen-bond donors (Lipinski definition) is 0. The lowest BCUT2D eigenvalue weighted by molar-refractivity contribution is 0.297. The standard InChI is InChI=1S/C24H22F4O2/c1-3-5-16-6-7-17(22(26)21(16)25)14-30-18-10-8-15(9-11-18)19-12-13-20(29-4-2)24(28)23(19)27/h6-13H,3-5,14H2,1-2H3. The van der Waals surface area contributed by atoms with Gasteiger partial charge in [-0.05, 0) is 48.7 Å². The van der Waals surface area contributed by atoms with Gasteiger partial charge < -0.3 is 9.47 Å². The molecule has 158 valence electrons. The largest absolute Gasteiger partial charge is 0.491 e. The third-order valence-corrected chi connectivity index (χ3v) is 4.67. The second kappa shape index (κ2) is 9.65. The smallest absolute Gasteiger partial charge is 0.201 e. The van der Waals surface area contributed by atoms with E-state index in [-0.39, 0.29) is 30.1 Å². The molecule has 3 rings (SSSR count). The first-order chi connectivity index (χ1) is 14.5.